The van der Waals surface area contributed by atoms with Crippen LogP contribution in [0.3, 0.4) is 0 Å². The van der Waals surface area contributed by atoms with Gasteiger partial charge in [-0.1, -0.05) is 0 Å². The first-order valence-corrected chi connectivity index (χ1v) is 7.84. The molecule has 0 bridgehead atoms. The molecule has 0 spiro atoms. The van der Waals surface area contributed by atoms with E-state index in [1.807, 2.05) is 19.0 Å². The van der Waals surface area contributed by atoms with E-state index in [-0.39, 0.29) is 23.2 Å². The molecule has 1 amide bonds. The molecule has 0 radical (unpaired) electrons. The number of sulfonamides is 1. The van der Waals surface area contributed by atoms with Gasteiger partial charge in [0.2, 0.25) is 15.9 Å². The topological polar surface area (TPSA) is 87.7 Å². The van der Waals surface area contributed by atoms with Crippen LogP contribution in [0.2, 0.25) is 0 Å². The van der Waals surface area contributed by atoms with Gasteiger partial charge in [-0.15, -0.1) is 12.4 Å². The average molecular weight is 352 g/mol. The van der Waals surface area contributed by atoms with Crippen molar-refractivity contribution in [2.24, 2.45) is 0 Å². The highest BCUT2D eigenvalue weighted by Gasteiger charge is 2.16. The van der Waals surface area contributed by atoms with Gasteiger partial charge in [-0.05, 0) is 32.3 Å². The van der Waals surface area contributed by atoms with Crippen LogP contribution in [0.5, 0.6) is 5.75 Å². The molecular formula is C13H22ClN3O4S. The first-order valence-electron chi connectivity index (χ1n) is 6.36. The van der Waals surface area contributed by atoms with Crippen LogP contribution in [0.1, 0.15) is 6.92 Å². The van der Waals surface area contributed by atoms with Gasteiger partial charge in [0, 0.05) is 20.0 Å². The van der Waals surface area contributed by atoms with Gasteiger partial charge in [0.1, 0.15) is 5.75 Å². The van der Waals surface area contributed by atoms with Gasteiger partial charge < -0.3 is 15.0 Å². The summed E-state index contributed by atoms with van der Waals surface area (Å²) in [6.45, 7) is 2.24. The first-order chi connectivity index (χ1) is 9.76. The average Bonchev–Trinajstić information content (AvgIpc) is 2.37. The fourth-order valence-corrected chi connectivity index (χ4v) is 2.68. The fourth-order valence-electron chi connectivity index (χ4n) is 1.63. The number of amides is 1. The predicted molar refractivity (Wildman–Crippen MR) is 88.3 cm³/mol. The number of carbonyl (C=O) groups excluding carboxylic acids is 1. The van der Waals surface area contributed by atoms with Gasteiger partial charge in [-0.25, -0.2) is 13.1 Å². The zero-order valence-electron chi connectivity index (χ0n) is 13.0. The van der Waals surface area contributed by atoms with E-state index in [1.165, 1.54) is 32.2 Å². The summed E-state index contributed by atoms with van der Waals surface area (Å²) < 4.78 is 31.9. The Hall–Kier alpha value is -1.35. The summed E-state index contributed by atoms with van der Waals surface area (Å²) in [7, 11) is 1.54. The second kappa shape index (κ2) is 8.94. The van der Waals surface area contributed by atoms with Crippen LogP contribution in [0.4, 0.5) is 5.69 Å². The second-order valence-electron chi connectivity index (χ2n) is 4.74. The van der Waals surface area contributed by atoms with Gasteiger partial charge in [0.05, 0.1) is 17.7 Å². The zero-order valence-corrected chi connectivity index (χ0v) is 14.7. The number of ether oxygens (including phenoxy) is 1. The lowest BCUT2D eigenvalue weighted by Crippen LogP contribution is -2.31. The number of hydrogen-bond acceptors (Lipinski definition) is 5. The third-order valence-electron chi connectivity index (χ3n) is 2.64. The largest absolute Gasteiger partial charge is 0.495 e. The molecular weight excluding hydrogens is 330 g/mol. The SMILES string of the molecule is COc1ccc(S(=O)(=O)NCCN(C)C)cc1NC(C)=O.Cl. The summed E-state index contributed by atoms with van der Waals surface area (Å²) >= 11 is 0. The van der Waals surface area contributed by atoms with Crippen LogP contribution in [-0.4, -0.2) is 53.5 Å². The van der Waals surface area contributed by atoms with E-state index in [2.05, 4.69) is 10.0 Å². The summed E-state index contributed by atoms with van der Waals surface area (Å²) in [5, 5.41) is 2.55. The molecule has 0 heterocycles. The quantitative estimate of drug-likeness (QED) is 0.762. The molecule has 9 heteroatoms. The molecule has 1 rings (SSSR count). The summed E-state index contributed by atoms with van der Waals surface area (Å²) in [6, 6.07) is 4.31. The van der Waals surface area contributed by atoms with Crippen LogP contribution < -0.4 is 14.8 Å². The van der Waals surface area contributed by atoms with Gasteiger partial charge in [-0.3, -0.25) is 4.79 Å². The number of nitrogens with zero attached hydrogens (tertiary/aromatic N) is 1. The van der Waals surface area contributed by atoms with Crippen molar-refractivity contribution in [3.8, 4) is 5.75 Å². The van der Waals surface area contributed by atoms with Crippen molar-refractivity contribution in [2.75, 3.05) is 39.6 Å². The lowest BCUT2D eigenvalue weighted by molar-refractivity contribution is -0.114. The molecule has 0 saturated heterocycles. The van der Waals surface area contributed by atoms with Gasteiger partial charge in [-0.2, -0.15) is 0 Å². The number of nitrogens with one attached hydrogen (secondary N) is 2. The number of carbonyl (C=O) groups is 1. The van der Waals surface area contributed by atoms with Gasteiger partial charge in [0.15, 0.2) is 0 Å². The molecule has 0 fully saturated rings. The van der Waals surface area contributed by atoms with Crippen molar-refractivity contribution >= 4 is 34.0 Å². The van der Waals surface area contributed by atoms with Crippen molar-refractivity contribution in [3.63, 3.8) is 0 Å². The lowest BCUT2D eigenvalue weighted by Gasteiger charge is -2.13. The number of methoxy groups -OCH3 is 1. The Kier molecular flexibility index (Phi) is 8.39. The molecule has 0 aliphatic heterocycles. The smallest absolute Gasteiger partial charge is 0.240 e. The molecule has 1 aromatic carbocycles. The summed E-state index contributed by atoms with van der Waals surface area (Å²) in [6.07, 6.45) is 0. The Bertz CT molecular complexity index is 605. The van der Waals surface area contributed by atoms with E-state index in [1.54, 1.807) is 0 Å². The molecule has 22 heavy (non-hydrogen) atoms. The fraction of sp³-hybridized carbons (Fsp3) is 0.462. The number of hydrogen-bond donors (Lipinski definition) is 2. The molecule has 2 N–H and O–H groups in total. The molecule has 0 aromatic heterocycles. The van der Waals surface area contributed by atoms with Crippen molar-refractivity contribution < 1.29 is 17.9 Å². The molecule has 0 aliphatic rings. The molecule has 7 nitrogen and oxygen atoms in total. The van der Waals surface area contributed by atoms with E-state index >= 15 is 0 Å². The summed E-state index contributed by atoms with van der Waals surface area (Å²) in [4.78, 5) is 13.1. The number of likely N-dealkylation sites (N-methyl/N-ethyl adjacent to an activating group) is 1. The van der Waals surface area contributed by atoms with Crippen molar-refractivity contribution in [1.82, 2.24) is 9.62 Å². The maximum Gasteiger partial charge on any atom is 0.240 e. The van der Waals surface area contributed by atoms with E-state index in [9.17, 15) is 13.2 Å². The Morgan fingerprint density at radius 3 is 2.45 bits per heavy atom. The number of rotatable bonds is 7. The zero-order chi connectivity index (χ0) is 16.0. The summed E-state index contributed by atoms with van der Waals surface area (Å²) in [5.41, 5.74) is 0.320. The minimum Gasteiger partial charge on any atom is -0.495 e. The molecule has 1 aromatic rings. The monoisotopic (exact) mass is 351 g/mol. The Morgan fingerprint density at radius 1 is 1.32 bits per heavy atom. The Morgan fingerprint density at radius 2 is 1.95 bits per heavy atom. The van der Waals surface area contributed by atoms with Crippen LogP contribution in [0.15, 0.2) is 23.1 Å². The van der Waals surface area contributed by atoms with Crippen molar-refractivity contribution in [3.05, 3.63) is 18.2 Å². The maximum absolute atomic E-state index is 12.2. The first kappa shape index (κ1) is 20.6. The standard InChI is InChI=1S/C13H21N3O4S.ClH/c1-10(17)15-12-9-11(5-6-13(12)20-4)21(18,19)14-7-8-16(2)3;/h5-6,9,14H,7-8H2,1-4H3,(H,15,17);1H. The van der Waals surface area contributed by atoms with E-state index < -0.39 is 10.0 Å². The van der Waals surface area contributed by atoms with Crippen LogP contribution in [0, 0.1) is 0 Å². The third kappa shape index (κ3) is 6.18. The summed E-state index contributed by atoms with van der Waals surface area (Å²) in [5.74, 6) is 0.0980. The van der Waals surface area contributed by atoms with E-state index in [0.717, 1.165) is 0 Å². The minimum absolute atomic E-state index is 0. The van der Waals surface area contributed by atoms with Gasteiger partial charge >= 0.3 is 0 Å². The molecule has 0 saturated carbocycles. The van der Waals surface area contributed by atoms with Crippen LogP contribution in [-0.2, 0) is 14.8 Å². The third-order valence-corrected chi connectivity index (χ3v) is 4.10. The number of halogens is 1. The second-order valence-corrected chi connectivity index (χ2v) is 6.51. The molecule has 0 atom stereocenters. The highest BCUT2D eigenvalue weighted by atomic mass is 35.5. The minimum atomic E-state index is -3.62. The highest BCUT2D eigenvalue weighted by Crippen LogP contribution is 2.27. The van der Waals surface area contributed by atoms with E-state index in [4.69, 9.17) is 4.74 Å². The Labute approximate surface area is 137 Å². The van der Waals surface area contributed by atoms with Crippen molar-refractivity contribution in [1.29, 1.82) is 0 Å². The number of anilines is 1. The predicted octanol–water partition coefficient (Wildman–Crippen LogP) is 0.915. The highest BCUT2D eigenvalue weighted by molar-refractivity contribution is 7.89. The molecule has 0 unspecified atom stereocenters. The lowest BCUT2D eigenvalue weighted by atomic mass is 10.3. The normalized spacial score (nSPS) is 11.0. The maximum atomic E-state index is 12.2. The number of benzene rings is 1. The van der Waals surface area contributed by atoms with Crippen molar-refractivity contribution in [2.45, 2.75) is 11.8 Å². The van der Waals surface area contributed by atoms with Crippen LogP contribution >= 0.6 is 12.4 Å². The van der Waals surface area contributed by atoms with Gasteiger partial charge in [0.25, 0.3) is 0 Å². The molecule has 0 aliphatic carbocycles. The molecule has 126 valence electrons. The van der Waals surface area contributed by atoms with E-state index in [0.29, 0.717) is 24.5 Å². The van der Waals surface area contributed by atoms with Crippen LogP contribution in [0.25, 0.3) is 0 Å². The Balaban J connectivity index is 0.00000441.